The molecule has 2 atom stereocenters. The van der Waals surface area contributed by atoms with Gasteiger partial charge in [-0.25, -0.2) is 0 Å². The van der Waals surface area contributed by atoms with Crippen molar-refractivity contribution in [1.29, 1.82) is 0 Å². The van der Waals surface area contributed by atoms with Gasteiger partial charge < -0.3 is 4.74 Å². The van der Waals surface area contributed by atoms with Crippen molar-refractivity contribution < 1.29 is 9.53 Å². The van der Waals surface area contributed by atoms with E-state index in [1.54, 1.807) is 0 Å². The molecule has 0 aromatic heterocycles. The van der Waals surface area contributed by atoms with E-state index in [0.717, 1.165) is 0 Å². The van der Waals surface area contributed by atoms with Crippen LogP contribution < -0.4 is 0 Å². The maximum atomic E-state index is 10.8. The van der Waals surface area contributed by atoms with E-state index in [2.05, 4.69) is 0 Å². The van der Waals surface area contributed by atoms with E-state index in [9.17, 15) is 4.79 Å². The summed E-state index contributed by atoms with van der Waals surface area (Å²) < 4.78 is 5.34. The van der Waals surface area contributed by atoms with Crippen molar-refractivity contribution in [1.82, 2.24) is 0 Å². The van der Waals surface area contributed by atoms with Crippen LogP contribution in [-0.4, -0.2) is 18.0 Å². The minimum absolute atomic E-state index is 0.108. The van der Waals surface area contributed by atoms with E-state index in [0.29, 0.717) is 18.6 Å². The van der Waals surface area contributed by atoms with Crippen molar-refractivity contribution in [3.63, 3.8) is 0 Å². The molecule has 1 saturated heterocycles. The van der Waals surface area contributed by atoms with Crippen molar-refractivity contribution in [2.75, 3.05) is 0 Å². The molecule has 48 valence electrons. The fourth-order valence-electron chi connectivity index (χ4n) is 1.33. The first kappa shape index (κ1) is 5.18. The van der Waals surface area contributed by atoms with Gasteiger partial charge in [-0.15, -0.1) is 0 Å². The number of hydrogen-bond donors (Lipinski definition) is 0. The predicted octanol–water partition coefficient (Wildman–Crippen LogP) is 0.673. The summed E-state index contributed by atoms with van der Waals surface area (Å²) in [6.45, 7) is 0. The number of carbonyl (C=O) groups is 1. The Balaban J connectivity index is 2.18. The van der Waals surface area contributed by atoms with Crippen LogP contribution in [0.25, 0.3) is 0 Å². The number of Topliss-reactive ketones (excluding diaryl/α,β-unsaturated/α-hetero) is 1. The van der Waals surface area contributed by atoms with Crippen molar-refractivity contribution in [2.24, 2.45) is 0 Å². The lowest BCUT2D eigenvalue weighted by molar-refractivity contribution is -0.128. The van der Waals surface area contributed by atoms with E-state index in [1.165, 1.54) is 0 Å². The summed E-state index contributed by atoms with van der Waals surface area (Å²) in [5, 5.41) is 0. The van der Waals surface area contributed by atoms with Gasteiger partial charge in [-0.1, -0.05) is 12.2 Å². The van der Waals surface area contributed by atoms with Crippen molar-refractivity contribution in [3.8, 4) is 0 Å². The summed E-state index contributed by atoms with van der Waals surface area (Å²) in [6, 6.07) is 0. The Morgan fingerprint density at radius 2 is 1.89 bits per heavy atom. The van der Waals surface area contributed by atoms with Crippen LogP contribution in [0.1, 0.15) is 12.8 Å². The average molecular weight is 124 g/mol. The van der Waals surface area contributed by atoms with Gasteiger partial charge in [0.15, 0.2) is 0 Å². The quantitative estimate of drug-likeness (QED) is 0.444. The van der Waals surface area contributed by atoms with E-state index in [4.69, 9.17) is 4.74 Å². The van der Waals surface area contributed by atoms with Crippen LogP contribution in [0, 0.1) is 0 Å². The second-order valence-corrected chi connectivity index (χ2v) is 2.54. The molecule has 2 rings (SSSR count). The molecule has 0 saturated carbocycles. The molecule has 2 bridgehead atoms. The third kappa shape index (κ3) is 0.793. The van der Waals surface area contributed by atoms with Crippen molar-refractivity contribution in [2.45, 2.75) is 25.0 Å². The zero-order valence-corrected chi connectivity index (χ0v) is 5.04. The second kappa shape index (κ2) is 1.67. The maximum Gasteiger partial charge on any atom is 0.138 e. The molecule has 2 aliphatic rings. The normalized spacial score (nSPS) is 39.8. The van der Waals surface area contributed by atoms with Gasteiger partial charge in [0.25, 0.3) is 0 Å². The highest BCUT2D eigenvalue weighted by molar-refractivity contribution is 5.81. The molecular formula is C7H8O2. The minimum Gasteiger partial charge on any atom is -0.366 e. The number of hydrogen-bond acceptors (Lipinski definition) is 2. The summed E-state index contributed by atoms with van der Waals surface area (Å²) in [7, 11) is 0. The fraction of sp³-hybridized carbons (Fsp3) is 0.571. The second-order valence-electron chi connectivity index (χ2n) is 2.54. The van der Waals surface area contributed by atoms with Crippen molar-refractivity contribution in [3.05, 3.63) is 12.2 Å². The summed E-state index contributed by atoms with van der Waals surface area (Å²) in [4.78, 5) is 10.8. The van der Waals surface area contributed by atoms with Gasteiger partial charge in [0.2, 0.25) is 0 Å². The Morgan fingerprint density at radius 3 is 2.44 bits per heavy atom. The maximum absolute atomic E-state index is 10.8. The molecule has 0 N–H and O–H groups in total. The molecule has 2 nitrogen and oxygen atoms in total. The van der Waals surface area contributed by atoms with Gasteiger partial charge in [-0.05, 0) is 0 Å². The van der Waals surface area contributed by atoms with Crippen LogP contribution in [0.15, 0.2) is 12.2 Å². The molecule has 0 amide bonds. The van der Waals surface area contributed by atoms with Gasteiger partial charge in [0.1, 0.15) is 5.78 Å². The van der Waals surface area contributed by atoms with Gasteiger partial charge in [0.05, 0.1) is 12.2 Å². The molecule has 1 fully saturated rings. The van der Waals surface area contributed by atoms with E-state index >= 15 is 0 Å². The van der Waals surface area contributed by atoms with E-state index in [-0.39, 0.29) is 12.2 Å². The molecule has 0 spiro atoms. The monoisotopic (exact) mass is 124 g/mol. The predicted molar refractivity (Wildman–Crippen MR) is 32.0 cm³/mol. The number of carbonyl (C=O) groups excluding carboxylic acids is 1. The van der Waals surface area contributed by atoms with Gasteiger partial charge in [-0.3, -0.25) is 4.79 Å². The molecule has 0 aromatic rings. The lowest BCUT2D eigenvalue weighted by atomic mass is 10.1. The number of rotatable bonds is 0. The molecule has 0 aliphatic carbocycles. The fourth-order valence-corrected chi connectivity index (χ4v) is 1.33. The van der Waals surface area contributed by atoms with Crippen LogP contribution in [-0.2, 0) is 9.53 Å². The smallest absolute Gasteiger partial charge is 0.138 e. The highest BCUT2D eigenvalue weighted by atomic mass is 16.5. The summed E-state index contributed by atoms with van der Waals surface area (Å²) in [6.07, 6.45) is 5.36. The number of ketones is 1. The lowest BCUT2D eigenvalue weighted by Gasteiger charge is -2.18. The Hall–Kier alpha value is -0.630. The Kier molecular flexibility index (Phi) is 0.963. The summed E-state index contributed by atoms with van der Waals surface area (Å²) >= 11 is 0. The first-order valence-electron chi connectivity index (χ1n) is 3.20. The zero-order chi connectivity index (χ0) is 6.27. The first-order valence-corrected chi connectivity index (χ1v) is 3.20. The summed E-state index contributed by atoms with van der Waals surface area (Å²) in [5.41, 5.74) is 0. The molecule has 2 heteroatoms. The highest BCUT2D eigenvalue weighted by Crippen LogP contribution is 2.23. The van der Waals surface area contributed by atoms with Crippen LogP contribution in [0.5, 0.6) is 0 Å². The van der Waals surface area contributed by atoms with Gasteiger partial charge in [-0.2, -0.15) is 0 Å². The Morgan fingerprint density at radius 1 is 1.33 bits per heavy atom. The molecule has 2 heterocycles. The van der Waals surface area contributed by atoms with Crippen LogP contribution in [0.4, 0.5) is 0 Å². The minimum atomic E-state index is 0.108. The largest absolute Gasteiger partial charge is 0.366 e. The van der Waals surface area contributed by atoms with Crippen molar-refractivity contribution >= 4 is 5.78 Å². The topological polar surface area (TPSA) is 26.3 Å². The highest BCUT2D eigenvalue weighted by Gasteiger charge is 2.28. The lowest BCUT2D eigenvalue weighted by Crippen LogP contribution is -2.25. The third-order valence-corrected chi connectivity index (χ3v) is 1.75. The SMILES string of the molecule is O=C1C[C@H]2C=C[C@@H](C1)O2. The molecule has 0 aromatic carbocycles. The molecular weight excluding hydrogens is 116 g/mol. The third-order valence-electron chi connectivity index (χ3n) is 1.75. The Labute approximate surface area is 53.5 Å². The standard InChI is InChI=1S/C7H8O2/c8-5-3-6-1-2-7(4-5)9-6/h1-2,6-7H,3-4H2/t6-,7+. The molecule has 0 unspecified atom stereocenters. The van der Waals surface area contributed by atoms with Crippen LogP contribution in [0.3, 0.4) is 0 Å². The van der Waals surface area contributed by atoms with E-state index < -0.39 is 0 Å². The molecule has 9 heavy (non-hydrogen) atoms. The Bertz CT molecular complexity index is 156. The average Bonchev–Trinajstić information content (AvgIpc) is 2.11. The first-order chi connectivity index (χ1) is 4.34. The van der Waals surface area contributed by atoms with Crippen LogP contribution in [0.2, 0.25) is 0 Å². The molecule has 2 aliphatic heterocycles. The number of ether oxygens (including phenoxy) is 1. The van der Waals surface area contributed by atoms with E-state index in [1.807, 2.05) is 12.2 Å². The zero-order valence-electron chi connectivity index (χ0n) is 5.04. The van der Waals surface area contributed by atoms with Gasteiger partial charge in [0, 0.05) is 12.8 Å². The van der Waals surface area contributed by atoms with Crippen LogP contribution >= 0.6 is 0 Å². The number of fused-ring (bicyclic) bond motifs is 2. The summed E-state index contributed by atoms with van der Waals surface area (Å²) in [5.74, 6) is 0.334. The molecule has 0 radical (unpaired) electrons. The van der Waals surface area contributed by atoms with Gasteiger partial charge >= 0.3 is 0 Å².